The predicted octanol–water partition coefficient (Wildman–Crippen LogP) is 2.97. The number of halogens is 1. The van der Waals surface area contributed by atoms with Crippen molar-refractivity contribution < 1.29 is 18.3 Å². The van der Waals surface area contributed by atoms with Crippen LogP contribution in [-0.4, -0.2) is 19.5 Å². The highest BCUT2D eigenvalue weighted by Crippen LogP contribution is 2.42. The van der Waals surface area contributed by atoms with Crippen molar-refractivity contribution in [3.05, 3.63) is 34.2 Å². The van der Waals surface area contributed by atoms with Crippen LogP contribution in [0, 0.1) is 5.41 Å². The van der Waals surface area contributed by atoms with Gasteiger partial charge in [-0.3, -0.25) is 4.79 Å². The molecule has 0 bridgehead atoms. The van der Waals surface area contributed by atoms with Crippen LogP contribution in [0.15, 0.2) is 28.5 Å². The van der Waals surface area contributed by atoms with Gasteiger partial charge in [-0.2, -0.15) is 0 Å². The number of aliphatic carboxylic acids is 1. The Morgan fingerprint density at radius 3 is 2.58 bits per heavy atom. The Labute approximate surface area is 116 Å². The third kappa shape index (κ3) is 2.40. The van der Waals surface area contributed by atoms with Gasteiger partial charge in [-0.15, -0.1) is 0 Å². The molecular formula is C13H13ClO4S. The maximum atomic E-state index is 12.0. The summed E-state index contributed by atoms with van der Waals surface area (Å²) in [5.41, 5.74) is -0.0441. The van der Waals surface area contributed by atoms with Crippen LogP contribution >= 0.6 is 11.6 Å². The lowest BCUT2D eigenvalue weighted by molar-refractivity contribution is -0.146. The number of allylic oxidation sites excluding steroid dienone is 1. The van der Waals surface area contributed by atoms with Crippen molar-refractivity contribution in [3.8, 4) is 0 Å². The molecule has 0 radical (unpaired) electrons. The fraction of sp³-hybridized carbons (Fsp3) is 0.308. The van der Waals surface area contributed by atoms with Crippen molar-refractivity contribution in [1.29, 1.82) is 0 Å². The third-order valence-electron chi connectivity index (χ3n) is 3.11. The van der Waals surface area contributed by atoms with Gasteiger partial charge in [-0.1, -0.05) is 23.7 Å². The number of sulfone groups is 1. The summed E-state index contributed by atoms with van der Waals surface area (Å²) in [6, 6.07) is 4.82. The smallest absolute Gasteiger partial charge is 0.309 e. The van der Waals surface area contributed by atoms with Gasteiger partial charge in [0.05, 0.1) is 15.3 Å². The minimum absolute atomic E-state index is 0.0767. The summed E-state index contributed by atoms with van der Waals surface area (Å²) in [4.78, 5) is 11.2. The first-order valence-corrected chi connectivity index (χ1v) is 7.55. The van der Waals surface area contributed by atoms with E-state index in [0.29, 0.717) is 11.1 Å². The number of rotatable bonds is 3. The molecule has 1 aliphatic heterocycles. The van der Waals surface area contributed by atoms with Crippen molar-refractivity contribution in [2.75, 3.05) is 0 Å². The highest BCUT2D eigenvalue weighted by Gasteiger charge is 2.35. The maximum Gasteiger partial charge on any atom is 0.309 e. The molecule has 0 atom stereocenters. The molecule has 2 rings (SSSR count). The van der Waals surface area contributed by atoms with Crippen molar-refractivity contribution in [2.24, 2.45) is 5.41 Å². The van der Waals surface area contributed by atoms with Gasteiger partial charge in [-0.05, 0) is 37.5 Å². The number of fused-ring (bicyclic) bond motifs is 1. The summed E-state index contributed by atoms with van der Waals surface area (Å²) in [6.45, 7) is 3.12. The van der Waals surface area contributed by atoms with Gasteiger partial charge in [0.2, 0.25) is 9.84 Å². The molecule has 1 aliphatic rings. The molecule has 0 amide bonds. The molecule has 4 nitrogen and oxygen atoms in total. The minimum atomic E-state index is -3.57. The fourth-order valence-electron chi connectivity index (χ4n) is 2.05. The van der Waals surface area contributed by atoms with E-state index in [0.717, 1.165) is 5.41 Å². The van der Waals surface area contributed by atoms with Crippen LogP contribution in [0.3, 0.4) is 0 Å². The van der Waals surface area contributed by atoms with E-state index in [1.807, 2.05) is 0 Å². The number of carbonyl (C=O) groups is 1. The predicted molar refractivity (Wildman–Crippen MR) is 72.6 cm³/mol. The quantitative estimate of drug-likeness (QED) is 0.931. The zero-order chi connectivity index (χ0) is 14.4. The molecule has 0 spiro atoms. The number of benzene rings is 1. The Hall–Kier alpha value is -1.33. The Kier molecular flexibility index (Phi) is 3.23. The Morgan fingerprint density at radius 1 is 1.37 bits per heavy atom. The molecule has 1 heterocycles. The second-order valence-corrected chi connectivity index (χ2v) is 7.31. The SMILES string of the molecule is CC(C)(CC1=CS(=O)(=O)c2c(Cl)cccc21)C(=O)O. The topological polar surface area (TPSA) is 71.4 Å². The van der Waals surface area contributed by atoms with E-state index < -0.39 is 21.2 Å². The molecule has 19 heavy (non-hydrogen) atoms. The molecule has 0 saturated carbocycles. The summed E-state index contributed by atoms with van der Waals surface area (Å²) in [5, 5.41) is 10.4. The monoisotopic (exact) mass is 300 g/mol. The van der Waals surface area contributed by atoms with E-state index in [-0.39, 0.29) is 16.3 Å². The molecule has 1 N–H and O–H groups in total. The van der Waals surface area contributed by atoms with Crippen molar-refractivity contribution in [3.63, 3.8) is 0 Å². The molecule has 1 aromatic rings. The van der Waals surface area contributed by atoms with E-state index in [1.54, 1.807) is 26.0 Å². The first kappa shape index (κ1) is 14.1. The summed E-state index contributed by atoms with van der Waals surface area (Å²) in [6.07, 6.45) is 0.134. The van der Waals surface area contributed by atoms with Gasteiger partial charge in [0.25, 0.3) is 0 Å². The second kappa shape index (κ2) is 4.35. The van der Waals surface area contributed by atoms with Crippen LogP contribution in [0.4, 0.5) is 0 Å². The van der Waals surface area contributed by atoms with Crippen molar-refractivity contribution >= 4 is 33.0 Å². The van der Waals surface area contributed by atoms with E-state index in [2.05, 4.69) is 0 Å². The van der Waals surface area contributed by atoms with Gasteiger partial charge in [0.1, 0.15) is 0 Å². The number of carboxylic acids is 1. The van der Waals surface area contributed by atoms with E-state index in [4.69, 9.17) is 16.7 Å². The van der Waals surface area contributed by atoms with E-state index >= 15 is 0 Å². The molecule has 0 fully saturated rings. The van der Waals surface area contributed by atoms with Gasteiger partial charge >= 0.3 is 5.97 Å². The van der Waals surface area contributed by atoms with Gasteiger partial charge < -0.3 is 5.11 Å². The first-order chi connectivity index (χ1) is 8.65. The molecule has 0 aromatic heterocycles. The summed E-state index contributed by atoms with van der Waals surface area (Å²) >= 11 is 5.92. The Bertz CT molecular complexity index is 687. The molecule has 6 heteroatoms. The summed E-state index contributed by atoms with van der Waals surface area (Å²) in [7, 11) is -3.57. The average Bonchev–Trinajstić information content (AvgIpc) is 2.50. The zero-order valence-corrected chi connectivity index (χ0v) is 12.0. The van der Waals surface area contributed by atoms with Crippen LogP contribution in [0.2, 0.25) is 5.02 Å². The average molecular weight is 301 g/mol. The Balaban J connectivity index is 2.53. The summed E-state index contributed by atoms with van der Waals surface area (Å²) in [5.74, 6) is -0.971. The fourth-order valence-corrected chi connectivity index (χ4v) is 4.09. The molecule has 0 unspecified atom stereocenters. The maximum absolute atomic E-state index is 12.0. The third-order valence-corrected chi connectivity index (χ3v) is 5.14. The van der Waals surface area contributed by atoms with Gasteiger partial charge in [0, 0.05) is 5.41 Å². The molecular weight excluding hydrogens is 288 g/mol. The van der Waals surface area contributed by atoms with Crippen molar-refractivity contribution in [2.45, 2.75) is 25.2 Å². The lowest BCUT2D eigenvalue weighted by Crippen LogP contribution is -2.23. The molecule has 1 aromatic carbocycles. The van der Waals surface area contributed by atoms with Gasteiger partial charge in [0.15, 0.2) is 0 Å². The second-order valence-electron chi connectivity index (χ2n) is 5.17. The zero-order valence-electron chi connectivity index (χ0n) is 10.5. The highest BCUT2D eigenvalue weighted by molar-refractivity contribution is 7.95. The standard InChI is InChI=1S/C13H13ClO4S/c1-13(2,12(15)16)6-8-7-19(17,18)11-9(8)4-3-5-10(11)14/h3-5,7H,6H2,1-2H3,(H,15,16). The van der Waals surface area contributed by atoms with Crippen LogP contribution in [0.25, 0.3) is 5.57 Å². The molecule has 102 valence electrons. The molecule has 0 saturated heterocycles. The Morgan fingerprint density at radius 2 is 2.00 bits per heavy atom. The number of carboxylic acid groups (broad SMARTS) is 1. The first-order valence-electron chi connectivity index (χ1n) is 5.63. The summed E-state index contributed by atoms with van der Waals surface area (Å²) < 4.78 is 24.1. The number of hydrogen-bond acceptors (Lipinski definition) is 3. The van der Waals surface area contributed by atoms with Crippen LogP contribution in [-0.2, 0) is 14.6 Å². The van der Waals surface area contributed by atoms with Crippen LogP contribution in [0.5, 0.6) is 0 Å². The van der Waals surface area contributed by atoms with Crippen LogP contribution in [0.1, 0.15) is 25.8 Å². The molecule has 0 aliphatic carbocycles. The minimum Gasteiger partial charge on any atom is -0.481 e. The largest absolute Gasteiger partial charge is 0.481 e. The lowest BCUT2D eigenvalue weighted by Gasteiger charge is -2.19. The van der Waals surface area contributed by atoms with E-state index in [9.17, 15) is 13.2 Å². The normalized spacial score (nSPS) is 16.9. The lowest BCUT2D eigenvalue weighted by atomic mass is 9.84. The number of hydrogen-bond donors (Lipinski definition) is 1. The van der Waals surface area contributed by atoms with E-state index in [1.165, 1.54) is 6.07 Å². The highest BCUT2D eigenvalue weighted by atomic mass is 35.5. The van der Waals surface area contributed by atoms with Gasteiger partial charge in [-0.25, -0.2) is 8.42 Å². The van der Waals surface area contributed by atoms with Crippen LogP contribution < -0.4 is 0 Å². The van der Waals surface area contributed by atoms with Crippen molar-refractivity contribution in [1.82, 2.24) is 0 Å².